The molecule has 0 radical (unpaired) electrons. The quantitative estimate of drug-likeness (QED) is 0.0693. The summed E-state index contributed by atoms with van der Waals surface area (Å²) in [6.45, 7) is 70.4. The molecule has 0 N–H and O–H groups in total. The van der Waals surface area contributed by atoms with Crippen molar-refractivity contribution in [2.24, 2.45) is 0 Å². The highest BCUT2D eigenvalue weighted by molar-refractivity contribution is 7.15. The predicted octanol–water partition coefficient (Wildman–Crippen LogP) is 30.3. The minimum atomic E-state index is 0.137. The summed E-state index contributed by atoms with van der Waals surface area (Å²) in [6.07, 6.45) is 12.4. The van der Waals surface area contributed by atoms with Crippen LogP contribution in [-0.4, -0.2) is 73.0 Å². The highest BCUT2D eigenvalue weighted by atomic mass is 32.1. The molecule has 10 heterocycles. The Bertz CT molecular complexity index is 4130. The third-order valence-electron chi connectivity index (χ3n) is 15.1. The molecule has 113 heavy (non-hydrogen) atoms. The fraction of sp³-hybridized carbons (Fsp3) is 0.533. The Kier molecular flexibility index (Phi) is 55.3. The summed E-state index contributed by atoms with van der Waals surface area (Å²) in [7, 11) is 0. The molecule has 0 fully saturated rings. The number of rotatable bonds is 19. The van der Waals surface area contributed by atoms with Gasteiger partial charge in [-0.1, -0.05) is 223 Å². The van der Waals surface area contributed by atoms with Crippen LogP contribution < -0.4 is 0 Å². The van der Waals surface area contributed by atoms with Gasteiger partial charge in [-0.05, 0) is 67.0 Å². The molecule has 0 aliphatic rings. The fourth-order valence-corrected chi connectivity index (χ4v) is 16.6. The van der Waals surface area contributed by atoms with E-state index in [1.165, 1.54) is 78.5 Å². The van der Waals surface area contributed by atoms with Crippen LogP contribution in [-0.2, 0) is 6.42 Å². The second kappa shape index (κ2) is 58.5. The van der Waals surface area contributed by atoms with Crippen LogP contribution in [0.15, 0.2) is 90.3 Å². The number of aromatic nitrogens is 10. The molecule has 11 aromatic rings. The number of Topliss-reactive ketones (excluding diaryl/α,β-unsaturated/α-hetero) is 4. The highest BCUT2D eigenvalue weighted by Crippen LogP contribution is 2.32. The molecule has 14 nitrogen and oxygen atoms in total. The third-order valence-corrected chi connectivity index (χ3v) is 27.0. The Hall–Kier alpha value is -6.28. The van der Waals surface area contributed by atoms with E-state index in [0.29, 0.717) is 90.3 Å². The zero-order valence-corrected chi connectivity index (χ0v) is 82.0. The van der Waals surface area contributed by atoms with Crippen molar-refractivity contribution >= 4 is 125 Å². The van der Waals surface area contributed by atoms with Crippen molar-refractivity contribution in [3.63, 3.8) is 0 Å². The van der Waals surface area contributed by atoms with E-state index in [1.807, 2.05) is 141 Å². The van der Waals surface area contributed by atoms with Gasteiger partial charge in [0.15, 0.2) is 23.1 Å². The number of thiazole rings is 9. The Labute approximate surface area is 718 Å². The molecular weight excluding hydrogens is 1570 g/mol. The zero-order chi connectivity index (χ0) is 86.4. The van der Waals surface area contributed by atoms with Gasteiger partial charge in [-0.25, -0.2) is 44.9 Å². The average Bonchev–Trinajstić information content (AvgIpc) is 1.71. The van der Waals surface area contributed by atoms with E-state index >= 15 is 0 Å². The Morgan fingerprint density at radius 2 is 0.770 bits per heavy atom. The van der Waals surface area contributed by atoms with E-state index in [4.69, 9.17) is 4.98 Å². The lowest BCUT2D eigenvalue weighted by atomic mass is 10.1. The number of aryl methyl sites for hydroxylation is 8. The normalized spacial score (nSPS) is 10.4. The standard InChI is InChI=1S/C13H15NS.2C10H15NOS.2C9H13NOS.2C8H13NS.2C7H11NS.C5H5N.2C2H6/c1-9(2)13-14-12(10(3)15-13)11-7-5-4-6-8-11;1-5-8(12)9-7(4)13-10(11-9)6(2)3;1-5-8(12)9-7(4)11-10(13-9)6(2)3;1-4-8(11)7-5-12-9(10-7)6(2)3;1-4-7(11)8-5-10-9(12-8)6(2)3;1-5(2)8-9-6(3)7(4)10-8;1-4-7-5-9-8(10-7)6(2)3;1-5(2)7-8-6(3)4-9-7;1-5(2)7-8-4-6(3)9-7;1-2-4-6-5-3-1;2*1-2/h4-9H,1-3H3;2*6H,5H2,1-4H3;2*5-6H,4H2,1-3H3;5H,1-4H3;5-6H,4H2,1-3H3;2*4-5H,1-3H3;1-5H;2*1-2H3. The molecule has 0 spiro atoms. The van der Waals surface area contributed by atoms with Gasteiger partial charge in [-0.15, -0.1) is 102 Å². The summed E-state index contributed by atoms with van der Waals surface area (Å²) in [5.74, 6) is 5.24. The van der Waals surface area contributed by atoms with Gasteiger partial charge in [-0.3, -0.25) is 24.2 Å². The van der Waals surface area contributed by atoms with Crippen molar-refractivity contribution in [3.05, 3.63) is 198 Å². The van der Waals surface area contributed by atoms with Crippen molar-refractivity contribution in [1.82, 2.24) is 49.8 Å². The van der Waals surface area contributed by atoms with Crippen LogP contribution in [0.5, 0.6) is 0 Å². The molecule has 0 saturated heterocycles. The van der Waals surface area contributed by atoms with Gasteiger partial charge >= 0.3 is 0 Å². The molecular formula is C90H136N10O4S9. The number of hydrogen-bond acceptors (Lipinski definition) is 23. The van der Waals surface area contributed by atoms with Gasteiger partial charge < -0.3 is 0 Å². The van der Waals surface area contributed by atoms with E-state index < -0.39 is 0 Å². The molecule has 0 aliphatic carbocycles. The van der Waals surface area contributed by atoms with Gasteiger partial charge in [0.25, 0.3) is 0 Å². The largest absolute Gasteiger partial charge is 0.293 e. The number of pyridine rings is 1. The molecule has 0 unspecified atom stereocenters. The lowest BCUT2D eigenvalue weighted by Crippen LogP contribution is -1.99. The SMILES string of the molecule is CC.CC.CCC(=O)c1cnc(C(C)C)s1.CCC(=O)c1csc(C(C)C)n1.CCC(=O)c1nc(C(C)C)sc1C.CCC(=O)c1sc(C(C)C)nc1C.CCc1cnc(C(C)C)s1.Cc1cnc(C(C)C)s1.Cc1csc(C(C)C)n1.Cc1nc(C(C)C)sc1C.Cc1sc(C(C)C)nc1-c1ccccc1.c1ccncc1. The van der Waals surface area contributed by atoms with Crippen LogP contribution in [0.2, 0.25) is 0 Å². The van der Waals surface area contributed by atoms with Crippen molar-refractivity contribution in [1.29, 1.82) is 0 Å². The molecule has 0 amide bonds. The first-order valence-electron chi connectivity index (χ1n) is 39.9. The molecule has 0 saturated carbocycles. The Balaban J connectivity index is 0.00000123. The van der Waals surface area contributed by atoms with Crippen LogP contribution in [0.3, 0.4) is 0 Å². The molecule has 11 rings (SSSR count). The maximum Gasteiger partial charge on any atom is 0.182 e. The van der Waals surface area contributed by atoms with Crippen molar-refractivity contribution < 1.29 is 19.2 Å². The Morgan fingerprint density at radius 3 is 1.11 bits per heavy atom. The number of hydrogen-bond donors (Lipinski definition) is 0. The predicted molar refractivity (Wildman–Crippen MR) is 499 cm³/mol. The van der Waals surface area contributed by atoms with E-state index in [9.17, 15) is 19.2 Å². The van der Waals surface area contributed by atoms with E-state index in [-0.39, 0.29) is 23.1 Å². The van der Waals surface area contributed by atoms with Gasteiger partial charge in [0, 0.05) is 156 Å². The lowest BCUT2D eigenvalue weighted by molar-refractivity contribution is 0.0975. The summed E-state index contributed by atoms with van der Waals surface area (Å²) in [5.41, 5.74) is 6.89. The first-order valence-corrected chi connectivity index (χ1v) is 47.4. The minimum absolute atomic E-state index is 0.137. The first-order chi connectivity index (χ1) is 53.3. The van der Waals surface area contributed by atoms with Gasteiger partial charge in [0.2, 0.25) is 0 Å². The van der Waals surface area contributed by atoms with Crippen LogP contribution in [0.1, 0.15) is 393 Å². The van der Waals surface area contributed by atoms with Gasteiger partial charge in [0.05, 0.1) is 71.9 Å². The fourth-order valence-electron chi connectivity index (χ4n) is 8.51. The van der Waals surface area contributed by atoms with E-state index in [0.717, 1.165) is 58.2 Å². The monoisotopic (exact) mass is 1710 g/mol. The van der Waals surface area contributed by atoms with Gasteiger partial charge in [0.1, 0.15) is 11.4 Å². The van der Waals surface area contributed by atoms with Crippen LogP contribution in [0, 0.1) is 48.5 Å². The topological polar surface area (TPSA) is 197 Å². The van der Waals surface area contributed by atoms with Crippen LogP contribution >= 0.6 is 102 Å². The molecule has 23 heteroatoms. The summed E-state index contributed by atoms with van der Waals surface area (Å²) in [5, 5.41) is 14.4. The van der Waals surface area contributed by atoms with Gasteiger partial charge in [-0.2, -0.15) is 0 Å². The number of carbonyl (C=O) groups is 4. The first kappa shape index (κ1) is 107. The molecule has 10 aromatic heterocycles. The maximum atomic E-state index is 11.4. The van der Waals surface area contributed by atoms with E-state index in [2.05, 4.69) is 234 Å². The number of benzene rings is 1. The smallest absolute Gasteiger partial charge is 0.182 e. The number of nitrogens with zero attached hydrogens (tertiary/aromatic N) is 10. The zero-order valence-electron chi connectivity index (χ0n) is 74.7. The molecule has 624 valence electrons. The Morgan fingerprint density at radius 1 is 0.354 bits per heavy atom. The summed E-state index contributed by atoms with van der Waals surface area (Å²) >= 11 is 15.2. The molecule has 1 aromatic carbocycles. The molecule has 0 atom stereocenters. The van der Waals surface area contributed by atoms with E-state index in [1.54, 1.807) is 75.3 Å². The second-order valence-corrected chi connectivity index (χ2v) is 38.2. The number of ketones is 4. The lowest BCUT2D eigenvalue weighted by Gasteiger charge is -1.98. The average molecular weight is 1710 g/mol. The van der Waals surface area contributed by atoms with Crippen molar-refractivity contribution in [2.75, 3.05) is 0 Å². The second-order valence-electron chi connectivity index (χ2n) is 28.3. The third kappa shape index (κ3) is 40.9. The molecule has 0 bridgehead atoms. The maximum absolute atomic E-state index is 11.4. The molecule has 0 aliphatic heterocycles. The van der Waals surface area contributed by atoms with Crippen molar-refractivity contribution in [2.45, 2.75) is 321 Å². The highest BCUT2D eigenvalue weighted by Gasteiger charge is 2.18. The van der Waals surface area contributed by atoms with Crippen molar-refractivity contribution in [3.8, 4) is 11.3 Å². The minimum Gasteiger partial charge on any atom is -0.293 e. The summed E-state index contributed by atoms with van der Waals surface area (Å²) in [4.78, 5) is 96.2. The summed E-state index contributed by atoms with van der Waals surface area (Å²) < 4.78 is 0. The van der Waals surface area contributed by atoms with Crippen LogP contribution in [0.4, 0.5) is 0 Å². The number of carbonyl (C=O) groups excluding carboxylic acids is 4. The van der Waals surface area contributed by atoms with Crippen LogP contribution in [0.25, 0.3) is 11.3 Å². The summed E-state index contributed by atoms with van der Waals surface area (Å²) in [6, 6.07) is 16.1.